The Hall–Kier alpha value is -2.54. The van der Waals surface area contributed by atoms with Gasteiger partial charge in [0.1, 0.15) is 18.9 Å². The summed E-state index contributed by atoms with van der Waals surface area (Å²) in [5, 5.41) is 5.03. The minimum absolute atomic E-state index is 0.0268. The summed E-state index contributed by atoms with van der Waals surface area (Å²) in [6.07, 6.45) is 2.56. The minimum atomic E-state index is -0.160. The Morgan fingerprint density at radius 1 is 1.17 bits per heavy atom. The Balaban J connectivity index is 1.73. The lowest BCUT2D eigenvalue weighted by atomic mass is 10.00. The van der Waals surface area contributed by atoms with Crippen LogP contribution in [0.2, 0.25) is 0 Å². The molecule has 0 fully saturated rings. The van der Waals surface area contributed by atoms with Crippen LogP contribution in [0.3, 0.4) is 0 Å². The van der Waals surface area contributed by atoms with E-state index in [-0.39, 0.29) is 24.5 Å². The van der Waals surface area contributed by atoms with Gasteiger partial charge in [0.2, 0.25) is 5.91 Å². The molecular weight excluding hydrogens is 458 g/mol. The van der Waals surface area contributed by atoms with Crippen molar-refractivity contribution in [2.24, 2.45) is 5.92 Å². The number of fused-ring (bicyclic) bond motifs is 1. The van der Waals surface area contributed by atoms with Crippen molar-refractivity contribution in [2.45, 2.75) is 65.8 Å². The first-order chi connectivity index (χ1) is 16.8. The first kappa shape index (κ1) is 27.1. The highest BCUT2D eigenvalue weighted by atomic mass is 32.1. The molecular formula is C28H41N3O3S. The highest BCUT2D eigenvalue weighted by molar-refractivity contribution is 7.10. The molecule has 192 valence electrons. The lowest BCUT2D eigenvalue weighted by Crippen LogP contribution is -2.50. The van der Waals surface area contributed by atoms with Gasteiger partial charge in [0, 0.05) is 24.5 Å². The molecule has 1 N–H and O–H groups in total. The number of hydrogen-bond acceptors (Lipinski definition) is 4. The van der Waals surface area contributed by atoms with Gasteiger partial charge >= 0.3 is 6.03 Å². The van der Waals surface area contributed by atoms with Gasteiger partial charge in [0.05, 0.1) is 6.04 Å². The number of nitrogens with zero attached hydrogens (tertiary/aromatic N) is 2. The lowest BCUT2D eigenvalue weighted by molar-refractivity contribution is -0.135. The lowest BCUT2D eigenvalue weighted by Gasteiger charge is -2.37. The molecule has 7 heteroatoms. The standard InChI is InChI=1S/C28H41N3O3S/c1-6-14-29-28(33)30(15-11-20(2)3)18-27(32)31-16-12-26-24(13-17-35-26)25(31)19-34-23-9-7-22(8-10-23)21(4)5/h7-10,13,17,20-21,25H,6,11-12,14-16,18-19H2,1-5H3,(H,29,33). The maximum absolute atomic E-state index is 13.6. The van der Waals surface area contributed by atoms with Crippen molar-refractivity contribution < 1.29 is 14.3 Å². The molecule has 0 saturated carbocycles. The first-order valence-electron chi connectivity index (χ1n) is 12.9. The number of amides is 3. The molecule has 1 aliphatic heterocycles. The van der Waals surface area contributed by atoms with Gasteiger partial charge in [-0.2, -0.15) is 0 Å². The van der Waals surface area contributed by atoms with Crippen LogP contribution in [0.4, 0.5) is 4.79 Å². The van der Waals surface area contributed by atoms with Crippen molar-refractivity contribution in [3.8, 4) is 5.75 Å². The van der Waals surface area contributed by atoms with Crippen LogP contribution < -0.4 is 10.1 Å². The van der Waals surface area contributed by atoms with E-state index in [2.05, 4.69) is 56.6 Å². The number of hydrogen-bond donors (Lipinski definition) is 1. The molecule has 0 radical (unpaired) electrons. The minimum Gasteiger partial charge on any atom is -0.491 e. The molecule has 0 bridgehead atoms. The Morgan fingerprint density at radius 3 is 2.57 bits per heavy atom. The molecule has 1 aliphatic rings. The summed E-state index contributed by atoms with van der Waals surface area (Å²) >= 11 is 1.74. The maximum atomic E-state index is 13.6. The third kappa shape index (κ3) is 7.47. The number of benzene rings is 1. The van der Waals surface area contributed by atoms with Crippen molar-refractivity contribution in [2.75, 3.05) is 32.8 Å². The van der Waals surface area contributed by atoms with E-state index in [0.717, 1.165) is 30.6 Å². The average Bonchev–Trinajstić information content (AvgIpc) is 3.32. The molecule has 0 aliphatic carbocycles. The van der Waals surface area contributed by atoms with Gasteiger partial charge in [-0.25, -0.2) is 4.79 Å². The van der Waals surface area contributed by atoms with Gasteiger partial charge in [-0.05, 0) is 65.8 Å². The molecule has 3 amide bonds. The molecule has 3 rings (SSSR count). The van der Waals surface area contributed by atoms with E-state index < -0.39 is 0 Å². The fourth-order valence-electron chi connectivity index (χ4n) is 4.26. The third-order valence-electron chi connectivity index (χ3n) is 6.49. The molecule has 1 aromatic heterocycles. The number of rotatable bonds is 11. The van der Waals surface area contributed by atoms with E-state index >= 15 is 0 Å². The topological polar surface area (TPSA) is 61.9 Å². The summed E-state index contributed by atoms with van der Waals surface area (Å²) in [5.74, 6) is 1.71. The van der Waals surface area contributed by atoms with E-state index in [1.54, 1.807) is 16.2 Å². The zero-order chi connectivity index (χ0) is 25.4. The Kier molecular flexibility index (Phi) is 10.0. The van der Waals surface area contributed by atoms with Gasteiger partial charge in [-0.15, -0.1) is 11.3 Å². The molecule has 35 heavy (non-hydrogen) atoms. The quantitative estimate of drug-likeness (QED) is 0.422. The summed E-state index contributed by atoms with van der Waals surface area (Å²) in [7, 11) is 0. The largest absolute Gasteiger partial charge is 0.491 e. The highest BCUT2D eigenvalue weighted by Crippen LogP contribution is 2.34. The van der Waals surface area contributed by atoms with Gasteiger partial charge in [-0.3, -0.25) is 4.79 Å². The van der Waals surface area contributed by atoms with Crippen LogP contribution in [0.25, 0.3) is 0 Å². The van der Waals surface area contributed by atoms with Crippen LogP contribution in [0.1, 0.15) is 75.4 Å². The van der Waals surface area contributed by atoms with Gasteiger partial charge in [0.25, 0.3) is 0 Å². The van der Waals surface area contributed by atoms with E-state index in [1.807, 2.05) is 24.0 Å². The maximum Gasteiger partial charge on any atom is 0.317 e. The molecule has 2 aromatic rings. The van der Waals surface area contributed by atoms with Crippen molar-refractivity contribution in [3.63, 3.8) is 0 Å². The molecule has 2 heterocycles. The van der Waals surface area contributed by atoms with Crippen LogP contribution in [0.5, 0.6) is 5.75 Å². The Morgan fingerprint density at radius 2 is 1.91 bits per heavy atom. The molecule has 0 saturated heterocycles. The van der Waals surface area contributed by atoms with E-state index in [4.69, 9.17) is 4.74 Å². The SMILES string of the molecule is CCCNC(=O)N(CCC(C)C)CC(=O)N1CCc2sccc2C1COc1ccc(C(C)C)cc1. The van der Waals surface area contributed by atoms with Crippen LogP contribution in [-0.4, -0.2) is 54.5 Å². The normalized spacial score (nSPS) is 15.3. The monoisotopic (exact) mass is 499 g/mol. The third-order valence-corrected chi connectivity index (χ3v) is 7.48. The number of thiophene rings is 1. The number of carbonyl (C=O) groups excluding carboxylic acids is 2. The van der Waals surface area contributed by atoms with E-state index in [0.29, 0.717) is 38.1 Å². The fraction of sp³-hybridized carbons (Fsp3) is 0.571. The summed E-state index contributed by atoms with van der Waals surface area (Å²) in [6, 6.07) is 10.00. The summed E-state index contributed by atoms with van der Waals surface area (Å²) in [5.41, 5.74) is 2.44. The van der Waals surface area contributed by atoms with Crippen molar-refractivity contribution >= 4 is 23.3 Å². The second-order valence-electron chi connectivity index (χ2n) is 10.0. The van der Waals surface area contributed by atoms with E-state index in [1.165, 1.54) is 10.4 Å². The van der Waals surface area contributed by atoms with Crippen molar-refractivity contribution in [3.05, 3.63) is 51.7 Å². The second-order valence-corrected chi connectivity index (χ2v) is 11.0. The first-order valence-corrected chi connectivity index (χ1v) is 13.8. The number of urea groups is 1. The smallest absolute Gasteiger partial charge is 0.317 e. The molecule has 6 nitrogen and oxygen atoms in total. The second kappa shape index (κ2) is 13.0. The highest BCUT2D eigenvalue weighted by Gasteiger charge is 2.33. The molecule has 1 aromatic carbocycles. The molecule has 1 atom stereocenters. The summed E-state index contributed by atoms with van der Waals surface area (Å²) in [6.45, 7) is 12.9. The van der Waals surface area contributed by atoms with Gasteiger partial charge < -0.3 is 19.9 Å². The Labute approximate surface area is 214 Å². The van der Waals surface area contributed by atoms with E-state index in [9.17, 15) is 9.59 Å². The van der Waals surface area contributed by atoms with Crippen LogP contribution in [-0.2, 0) is 11.2 Å². The van der Waals surface area contributed by atoms with Crippen LogP contribution >= 0.6 is 11.3 Å². The number of ether oxygens (including phenoxy) is 1. The van der Waals surface area contributed by atoms with Gasteiger partial charge in [0.15, 0.2) is 0 Å². The molecule has 1 unspecified atom stereocenters. The fourth-order valence-corrected chi connectivity index (χ4v) is 5.19. The predicted molar refractivity (Wildman–Crippen MR) is 143 cm³/mol. The van der Waals surface area contributed by atoms with Crippen molar-refractivity contribution in [1.82, 2.24) is 15.1 Å². The Bertz CT molecular complexity index is 955. The van der Waals surface area contributed by atoms with Crippen molar-refractivity contribution in [1.29, 1.82) is 0 Å². The molecule has 0 spiro atoms. The van der Waals surface area contributed by atoms with Gasteiger partial charge in [-0.1, -0.05) is 46.8 Å². The number of carbonyl (C=O) groups is 2. The average molecular weight is 500 g/mol. The summed E-state index contributed by atoms with van der Waals surface area (Å²) < 4.78 is 6.19. The zero-order valence-corrected chi connectivity index (χ0v) is 22.7. The van der Waals surface area contributed by atoms with Crippen LogP contribution in [0.15, 0.2) is 35.7 Å². The number of nitrogens with one attached hydrogen (secondary N) is 1. The predicted octanol–water partition coefficient (Wildman–Crippen LogP) is 5.84. The van der Waals surface area contributed by atoms with Crippen LogP contribution in [0, 0.1) is 5.92 Å². The zero-order valence-electron chi connectivity index (χ0n) is 21.9. The summed E-state index contributed by atoms with van der Waals surface area (Å²) in [4.78, 5) is 31.2.